The van der Waals surface area contributed by atoms with Gasteiger partial charge in [0.15, 0.2) is 0 Å². The van der Waals surface area contributed by atoms with Crippen LogP contribution in [0.2, 0.25) is 0 Å². The van der Waals surface area contributed by atoms with E-state index in [0.29, 0.717) is 5.56 Å². The Balaban J connectivity index is 2.34. The maximum absolute atomic E-state index is 13.3. The third-order valence-corrected chi connectivity index (χ3v) is 2.26. The number of carbonyl (C=O) groups is 1. The number of aromatic carboxylic acids is 1. The SMILES string of the molecule is Cc1ccc(Oc2ncncc2C(=O)O)cc1F. The Labute approximate surface area is 102 Å². The third-order valence-electron chi connectivity index (χ3n) is 2.26. The van der Waals surface area contributed by atoms with Gasteiger partial charge in [0.1, 0.15) is 23.5 Å². The zero-order valence-electron chi connectivity index (χ0n) is 9.42. The van der Waals surface area contributed by atoms with Crippen LogP contribution in [-0.2, 0) is 0 Å². The molecule has 5 nitrogen and oxygen atoms in total. The molecule has 1 N–H and O–H groups in total. The lowest BCUT2D eigenvalue weighted by Crippen LogP contribution is -2.02. The Hall–Kier alpha value is -2.50. The van der Waals surface area contributed by atoms with Gasteiger partial charge in [0.2, 0.25) is 5.88 Å². The van der Waals surface area contributed by atoms with Crippen LogP contribution in [0.15, 0.2) is 30.7 Å². The van der Waals surface area contributed by atoms with Crippen LogP contribution in [-0.4, -0.2) is 21.0 Å². The van der Waals surface area contributed by atoms with E-state index in [1.54, 1.807) is 6.92 Å². The van der Waals surface area contributed by atoms with E-state index in [-0.39, 0.29) is 17.2 Å². The number of aromatic nitrogens is 2. The number of carboxylic acid groups (broad SMARTS) is 1. The lowest BCUT2D eigenvalue weighted by molar-refractivity contribution is 0.0693. The van der Waals surface area contributed by atoms with Crippen LogP contribution in [0.1, 0.15) is 15.9 Å². The molecule has 0 saturated heterocycles. The number of hydrogen-bond donors (Lipinski definition) is 1. The smallest absolute Gasteiger partial charge is 0.342 e. The Kier molecular flexibility index (Phi) is 3.18. The van der Waals surface area contributed by atoms with Crippen molar-refractivity contribution in [3.63, 3.8) is 0 Å². The third kappa shape index (κ3) is 2.42. The van der Waals surface area contributed by atoms with Crippen molar-refractivity contribution in [2.75, 3.05) is 0 Å². The molecule has 0 spiro atoms. The van der Waals surface area contributed by atoms with Gasteiger partial charge in [-0.2, -0.15) is 0 Å². The molecule has 0 amide bonds. The molecule has 2 aromatic rings. The van der Waals surface area contributed by atoms with E-state index in [1.165, 1.54) is 18.2 Å². The van der Waals surface area contributed by atoms with Crippen molar-refractivity contribution in [3.05, 3.63) is 47.7 Å². The van der Waals surface area contributed by atoms with Crippen molar-refractivity contribution in [2.24, 2.45) is 0 Å². The van der Waals surface area contributed by atoms with E-state index < -0.39 is 11.8 Å². The van der Waals surface area contributed by atoms with Crippen molar-refractivity contribution in [1.82, 2.24) is 9.97 Å². The largest absolute Gasteiger partial charge is 0.477 e. The van der Waals surface area contributed by atoms with Gasteiger partial charge in [0, 0.05) is 12.3 Å². The average molecular weight is 248 g/mol. The summed E-state index contributed by atoms with van der Waals surface area (Å²) in [4.78, 5) is 18.2. The van der Waals surface area contributed by atoms with Gasteiger partial charge in [-0.15, -0.1) is 0 Å². The molecule has 1 aromatic heterocycles. The maximum Gasteiger partial charge on any atom is 0.342 e. The monoisotopic (exact) mass is 248 g/mol. The van der Waals surface area contributed by atoms with E-state index in [0.717, 1.165) is 12.5 Å². The van der Waals surface area contributed by atoms with Gasteiger partial charge in [0.05, 0.1) is 0 Å². The molecule has 0 aliphatic rings. The van der Waals surface area contributed by atoms with Gasteiger partial charge in [-0.3, -0.25) is 0 Å². The molecule has 0 unspecified atom stereocenters. The fraction of sp³-hybridized carbons (Fsp3) is 0.0833. The summed E-state index contributed by atoms with van der Waals surface area (Å²) in [5.74, 6) is -1.59. The molecule has 2 rings (SSSR count). The minimum absolute atomic E-state index is 0.124. The van der Waals surface area contributed by atoms with Gasteiger partial charge in [0.25, 0.3) is 0 Å². The van der Waals surface area contributed by atoms with E-state index in [4.69, 9.17) is 9.84 Å². The molecule has 1 aromatic carbocycles. The molecule has 92 valence electrons. The van der Waals surface area contributed by atoms with Gasteiger partial charge >= 0.3 is 5.97 Å². The predicted octanol–water partition coefficient (Wildman–Crippen LogP) is 2.41. The zero-order valence-corrected chi connectivity index (χ0v) is 9.42. The van der Waals surface area contributed by atoms with Crippen molar-refractivity contribution in [3.8, 4) is 11.6 Å². The van der Waals surface area contributed by atoms with Crippen molar-refractivity contribution in [2.45, 2.75) is 6.92 Å². The van der Waals surface area contributed by atoms with E-state index >= 15 is 0 Å². The summed E-state index contributed by atoms with van der Waals surface area (Å²) in [7, 11) is 0. The first kappa shape index (κ1) is 12.0. The standard InChI is InChI=1S/C12H9FN2O3/c1-7-2-3-8(4-10(7)13)18-11-9(12(16)17)5-14-6-15-11/h2-6H,1H3,(H,16,17). The van der Waals surface area contributed by atoms with Gasteiger partial charge < -0.3 is 9.84 Å². The molecular formula is C12H9FN2O3. The molecule has 0 radical (unpaired) electrons. The molecule has 0 bridgehead atoms. The fourth-order valence-electron chi connectivity index (χ4n) is 1.30. The van der Waals surface area contributed by atoms with Crippen molar-refractivity contribution in [1.29, 1.82) is 0 Å². The number of halogens is 1. The Bertz CT molecular complexity index is 602. The van der Waals surface area contributed by atoms with Gasteiger partial charge in [-0.05, 0) is 18.6 Å². The highest BCUT2D eigenvalue weighted by Crippen LogP contribution is 2.23. The summed E-state index contributed by atoms with van der Waals surface area (Å²) >= 11 is 0. The minimum atomic E-state index is -1.21. The normalized spacial score (nSPS) is 10.1. The van der Waals surface area contributed by atoms with Crippen LogP contribution in [0.4, 0.5) is 4.39 Å². The fourth-order valence-corrected chi connectivity index (χ4v) is 1.30. The predicted molar refractivity (Wildman–Crippen MR) is 60.2 cm³/mol. The summed E-state index contributed by atoms with van der Waals surface area (Å²) in [6.45, 7) is 1.62. The van der Waals surface area contributed by atoms with Crippen LogP contribution < -0.4 is 4.74 Å². The lowest BCUT2D eigenvalue weighted by Gasteiger charge is -2.07. The van der Waals surface area contributed by atoms with Crippen molar-refractivity contribution < 1.29 is 19.0 Å². The molecule has 0 fully saturated rings. The molecule has 6 heteroatoms. The first-order chi connectivity index (χ1) is 8.58. The molecule has 0 saturated carbocycles. The summed E-state index contributed by atoms with van der Waals surface area (Å²) in [5, 5.41) is 8.91. The Morgan fingerprint density at radius 1 is 1.44 bits per heavy atom. The van der Waals surface area contributed by atoms with E-state index in [1.807, 2.05) is 0 Å². The number of ether oxygens (including phenoxy) is 1. The molecule has 0 aliphatic carbocycles. The first-order valence-electron chi connectivity index (χ1n) is 5.05. The van der Waals surface area contributed by atoms with E-state index in [9.17, 15) is 9.18 Å². The Morgan fingerprint density at radius 3 is 2.89 bits per heavy atom. The van der Waals surface area contributed by atoms with Crippen LogP contribution in [0.5, 0.6) is 11.6 Å². The van der Waals surface area contributed by atoms with Crippen LogP contribution in [0.3, 0.4) is 0 Å². The second-order valence-corrected chi connectivity index (χ2v) is 3.56. The summed E-state index contributed by atoms with van der Waals surface area (Å²) in [5.41, 5.74) is 0.293. The molecular weight excluding hydrogens is 239 g/mol. The average Bonchev–Trinajstić information content (AvgIpc) is 2.34. The highest BCUT2D eigenvalue weighted by molar-refractivity contribution is 5.89. The number of rotatable bonds is 3. The number of hydrogen-bond acceptors (Lipinski definition) is 4. The lowest BCUT2D eigenvalue weighted by atomic mass is 10.2. The summed E-state index contributed by atoms with van der Waals surface area (Å²) in [6.07, 6.45) is 2.28. The van der Waals surface area contributed by atoms with Crippen molar-refractivity contribution >= 4 is 5.97 Å². The Morgan fingerprint density at radius 2 is 2.22 bits per heavy atom. The summed E-state index contributed by atoms with van der Waals surface area (Å²) in [6, 6.07) is 4.24. The van der Waals surface area contributed by atoms with E-state index in [2.05, 4.69) is 9.97 Å². The molecule has 1 heterocycles. The topological polar surface area (TPSA) is 72.3 Å². The van der Waals surface area contributed by atoms with Crippen LogP contribution >= 0.6 is 0 Å². The van der Waals surface area contributed by atoms with Crippen LogP contribution in [0.25, 0.3) is 0 Å². The maximum atomic E-state index is 13.3. The number of benzene rings is 1. The highest BCUT2D eigenvalue weighted by Gasteiger charge is 2.13. The number of aryl methyl sites for hydroxylation is 1. The second-order valence-electron chi connectivity index (χ2n) is 3.56. The highest BCUT2D eigenvalue weighted by atomic mass is 19.1. The molecule has 0 aliphatic heterocycles. The van der Waals surface area contributed by atoms with Crippen LogP contribution in [0, 0.1) is 12.7 Å². The molecule has 18 heavy (non-hydrogen) atoms. The molecule has 0 atom stereocenters. The summed E-state index contributed by atoms with van der Waals surface area (Å²) < 4.78 is 18.5. The first-order valence-corrected chi connectivity index (χ1v) is 5.05. The number of nitrogens with zero attached hydrogens (tertiary/aromatic N) is 2. The minimum Gasteiger partial charge on any atom is -0.477 e. The number of carboxylic acids is 1. The van der Waals surface area contributed by atoms with Gasteiger partial charge in [-0.1, -0.05) is 6.07 Å². The second kappa shape index (κ2) is 4.79. The zero-order chi connectivity index (χ0) is 13.1. The van der Waals surface area contributed by atoms with Gasteiger partial charge in [-0.25, -0.2) is 19.2 Å². The quantitative estimate of drug-likeness (QED) is 0.902.